The van der Waals surface area contributed by atoms with E-state index in [0.717, 1.165) is 11.1 Å². The van der Waals surface area contributed by atoms with E-state index in [1.165, 1.54) is 19.2 Å². The van der Waals surface area contributed by atoms with Crippen molar-refractivity contribution in [3.8, 4) is 11.3 Å². The van der Waals surface area contributed by atoms with Crippen LogP contribution in [0.3, 0.4) is 0 Å². The van der Waals surface area contributed by atoms with Crippen molar-refractivity contribution >= 4 is 17.5 Å². The number of aromatic nitrogens is 3. The zero-order chi connectivity index (χ0) is 24.5. The first kappa shape index (κ1) is 23.8. The highest BCUT2D eigenvalue weighted by Crippen LogP contribution is 2.28. The minimum absolute atomic E-state index is 0.138. The predicted octanol–water partition coefficient (Wildman–Crippen LogP) is 3.42. The number of hydrogen-bond donors (Lipinski definition) is 1. The molecule has 1 amide bonds. The highest BCUT2D eigenvalue weighted by Gasteiger charge is 2.39. The standard InChI is InChI=1S/C25H30FN5O3/c1-16(2)19-13-20(17-5-7-18(26)8-6-17)29-31-14-21(28-23(19)31)24(33)30-12-11-27-15-25(30,3)10-9-22(32)34-4/h5-8,13-14,16,27H,9-12,15H2,1-4H3. The number of ether oxygens (including phenoxy) is 1. The fourth-order valence-electron chi connectivity index (χ4n) is 4.39. The van der Waals surface area contributed by atoms with Gasteiger partial charge in [0, 0.05) is 37.2 Å². The molecule has 1 unspecified atom stereocenters. The zero-order valence-corrected chi connectivity index (χ0v) is 20.0. The Morgan fingerprint density at radius 2 is 2.00 bits per heavy atom. The molecule has 3 heterocycles. The van der Waals surface area contributed by atoms with Gasteiger partial charge in [-0.2, -0.15) is 5.10 Å². The lowest BCUT2D eigenvalue weighted by molar-refractivity contribution is -0.141. The molecule has 4 rings (SSSR count). The van der Waals surface area contributed by atoms with E-state index >= 15 is 0 Å². The van der Waals surface area contributed by atoms with Gasteiger partial charge >= 0.3 is 5.97 Å². The molecule has 9 heteroatoms. The number of nitrogens with zero attached hydrogens (tertiary/aromatic N) is 4. The largest absolute Gasteiger partial charge is 0.469 e. The lowest BCUT2D eigenvalue weighted by Crippen LogP contribution is -2.61. The third-order valence-corrected chi connectivity index (χ3v) is 6.45. The SMILES string of the molecule is COC(=O)CCC1(C)CNCCN1C(=O)c1cn2nc(-c3ccc(F)cc3)cc(C(C)C)c2n1. The van der Waals surface area contributed by atoms with Crippen molar-refractivity contribution in [1.82, 2.24) is 24.8 Å². The fourth-order valence-corrected chi connectivity index (χ4v) is 4.39. The molecule has 180 valence electrons. The van der Waals surface area contributed by atoms with Crippen molar-refractivity contribution in [2.75, 3.05) is 26.7 Å². The number of carbonyl (C=O) groups is 2. The zero-order valence-electron chi connectivity index (χ0n) is 20.0. The van der Waals surface area contributed by atoms with Crippen LogP contribution in [-0.4, -0.2) is 63.7 Å². The summed E-state index contributed by atoms with van der Waals surface area (Å²) in [6.07, 6.45) is 2.36. The van der Waals surface area contributed by atoms with Crippen LogP contribution in [0.2, 0.25) is 0 Å². The van der Waals surface area contributed by atoms with Crippen LogP contribution in [0.25, 0.3) is 16.9 Å². The number of imidazole rings is 1. The molecule has 1 aliphatic heterocycles. The van der Waals surface area contributed by atoms with E-state index in [1.54, 1.807) is 27.7 Å². The van der Waals surface area contributed by atoms with Crippen molar-refractivity contribution in [2.45, 2.75) is 45.1 Å². The number of amides is 1. The molecule has 3 aromatic rings. The first-order chi connectivity index (χ1) is 16.2. The minimum Gasteiger partial charge on any atom is -0.469 e. The summed E-state index contributed by atoms with van der Waals surface area (Å²) in [5, 5.41) is 7.98. The molecule has 1 aromatic carbocycles. The third-order valence-electron chi connectivity index (χ3n) is 6.45. The summed E-state index contributed by atoms with van der Waals surface area (Å²) in [4.78, 5) is 31.8. The van der Waals surface area contributed by atoms with Gasteiger partial charge in [-0.05, 0) is 49.6 Å². The Hall–Kier alpha value is -3.33. The number of nitrogens with one attached hydrogen (secondary N) is 1. The van der Waals surface area contributed by atoms with Gasteiger partial charge in [0.05, 0.1) is 24.5 Å². The molecule has 2 aromatic heterocycles. The van der Waals surface area contributed by atoms with E-state index in [0.29, 0.717) is 43.1 Å². The Morgan fingerprint density at radius 1 is 1.26 bits per heavy atom. The number of hydrogen-bond acceptors (Lipinski definition) is 6. The molecule has 1 N–H and O–H groups in total. The number of fused-ring (bicyclic) bond motifs is 1. The molecule has 1 saturated heterocycles. The van der Waals surface area contributed by atoms with Crippen LogP contribution >= 0.6 is 0 Å². The van der Waals surface area contributed by atoms with Gasteiger partial charge in [0.1, 0.15) is 11.5 Å². The molecule has 0 aliphatic carbocycles. The minimum atomic E-state index is -0.549. The summed E-state index contributed by atoms with van der Waals surface area (Å²) in [6.45, 7) is 7.83. The van der Waals surface area contributed by atoms with Crippen molar-refractivity contribution in [1.29, 1.82) is 0 Å². The molecule has 1 atom stereocenters. The quantitative estimate of drug-likeness (QED) is 0.559. The van der Waals surface area contributed by atoms with Gasteiger partial charge in [-0.25, -0.2) is 13.9 Å². The molecular formula is C25H30FN5O3. The average molecular weight is 468 g/mol. The topological polar surface area (TPSA) is 88.8 Å². The Bertz CT molecular complexity index is 1210. The van der Waals surface area contributed by atoms with Crippen LogP contribution in [0.1, 0.15) is 55.6 Å². The first-order valence-corrected chi connectivity index (χ1v) is 11.5. The van der Waals surface area contributed by atoms with Gasteiger partial charge in [-0.15, -0.1) is 0 Å². The summed E-state index contributed by atoms with van der Waals surface area (Å²) in [5.74, 6) is -0.668. The Balaban J connectivity index is 1.71. The molecule has 1 aliphatic rings. The number of benzene rings is 1. The summed E-state index contributed by atoms with van der Waals surface area (Å²) < 4.78 is 19.8. The van der Waals surface area contributed by atoms with Crippen LogP contribution in [-0.2, 0) is 9.53 Å². The molecule has 34 heavy (non-hydrogen) atoms. The Morgan fingerprint density at radius 3 is 2.68 bits per heavy atom. The predicted molar refractivity (Wildman–Crippen MR) is 126 cm³/mol. The second-order valence-corrected chi connectivity index (χ2v) is 9.25. The number of rotatable bonds is 6. The van der Waals surface area contributed by atoms with Crippen LogP contribution < -0.4 is 5.32 Å². The highest BCUT2D eigenvalue weighted by molar-refractivity contribution is 5.93. The number of esters is 1. The fraction of sp³-hybridized carbons (Fsp3) is 0.440. The van der Waals surface area contributed by atoms with E-state index in [2.05, 4.69) is 29.2 Å². The normalized spacial score (nSPS) is 18.5. The van der Waals surface area contributed by atoms with E-state index < -0.39 is 5.54 Å². The van der Waals surface area contributed by atoms with Gasteiger partial charge in [0.15, 0.2) is 5.65 Å². The van der Waals surface area contributed by atoms with Crippen LogP contribution in [0.15, 0.2) is 36.5 Å². The van der Waals surface area contributed by atoms with E-state index in [9.17, 15) is 14.0 Å². The Kier molecular flexibility index (Phi) is 6.65. The molecule has 1 fully saturated rings. The maximum absolute atomic E-state index is 13.6. The lowest BCUT2D eigenvalue weighted by Gasteiger charge is -2.45. The molecular weight excluding hydrogens is 437 g/mol. The van der Waals surface area contributed by atoms with Crippen molar-refractivity contribution in [3.05, 3.63) is 53.6 Å². The number of methoxy groups -OCH3 is 1. The van der Waals surface area contributed by atoms with Gasteiger partial charge < -0.3 is 15.0 Å². The van der Waals surface area contributed by atoms with E-state index in [1.807, 2.05) is 13.0 Å². The van der Waals surface area contributed by atoms with Crippen LogP contribution in [0.5, 0.6) is 0 Å². The second-order valence-electron chi connectivity index (χ2n) is 9.25. The molecule has 0 saturated carbocycles. The third kappa shape index (κ3) is 4.65. The van der Waals surface area contributed by atoms with Crippen molar-refractivity contribution in [2.24, 2.45) is 0 Å². The van der Waals surface area contributed by atoms with Crippen LogP contribution in [0, 0.1) is 5.82 Å². The molecule has 0 radical (unpaired) electrons. The van der Waals surface area contributed by atoms with E-state index in [4.69, 9.17) is 4.74 Å². The summed E-state index contributed by atoms with van der Waals surface area (Å²) in [7, 11) is 1.36. The summed E-state index contributed by atoms with van der Waals surface area (Å²) >= 11 is 0. The molecule has 0 spiro atoms. The maximum Gasteiger partial charge on any atom is 0.305 e. The number of piperazine rings is 1. The Labute approximate surface area is 198 Å². The lowest BCUT2D eigenvalue weighted by atomic mass is 9.91. The smallest absolute Gasteiger partial charge is 0.305 e. The van der Waals surface area contributed by atoms with Crippen molar-refractivity contribution in [3.63, 3.8) is 0 Å². The van der Waals surface area contributed by atoms with Gasteiger partial charge in [0.25, 0.3) is 5.91 Å². The summed E-state index contributed by atoms with van der Waals surface area (Å²) in [5.41, 5.74) is 2.78. The summed E-state index contributed by atoms with van der Waals surface area (Å²) in [6, 6.07) is 8.12. The van der Waals surface area contributed by atoms with Crippen LogP contribution in [0.4, 0.5) is 4.39 Å². The van der Waals surface area contributed by atoms with Crippen molar-refractivity contribution < 1.29 is 18.7 Å². The number of halogens is 1. The maximum atomic E-state index is 13.6. The van der Waals surface area contributed by atoms with E-state index in [-0.39, 0.29) is 30.0 Å². The van der Waals surface area contributed by atoms with Gasteiger partial charge in [0.2, 0.25) is 0 Å². The molecule has 8 nitrogen and oxygen atoms in total. The highest BCUT2D eigenvalue weighted by atomic mass is 19.1. The number of carbonyl (C=O) groups excluding carboxylic acids is 2. The first-order valence-electron chi connectivity index (χ1n) is 11.5. The van der Waals surface area contributed by atoms with Gasteiger partial charge in [-0.1, -0.05) is 13.8 Å². The average Bonchev–Trinajstić information content (AvgIpc) is 3.26. The monoisotopic (exact) mass is 467 g/mol. The second kappa shape index (κ2) is 9.50. The molecule has 0 bridgehead atoms. The van der Waals surface area contributed by atoms with Gasteiger partial charge in [-0.3, -0.25) is 9.59 Å².